The predicted molar refractivity (Wildman–Crippen MR) is 94.5 cm³/mol. The molecule has 0 saturated heterocycles. The van der Waals surface area contributed by atoms with Crippen LogP contribution in [0.1, 0.15) is 11.1 Å². The van der Waals surface area contributed by atoms with Gasteiger partial charge in [0.25, 0.3) is 0 Å². The zero-order valence-corrected chi connectivity index (χ0v) is 15.0. The van der Waals surface area contributed by atoms with E-state index in [1.165, 1.54) is 37.6 Å². The normalized spacial score (nSPS) is 14.1. The number of nitrogens with one attached hydrogen (secondary N) is 2. The molecular weight excluding hydrogens is 359 g/mol. The highest BCUT2D eigenvalue weighted by molar-refractivity contribution is 7.89. The molecule has 0 aliphatic carbocycles. The number of rotatable bonds is 5. The molecule has 0 fully saturated rings. The Labute approximate surface area is 151 Å². The third-order valence-electron chi connectivity index (χ3n) is 4.19. The molecule has 1 aromatic heterocycles. The second-order valence-electron chi connectivity index (χ2n) is 5.99. The molecule has 1 amide bonds. The number of sulfonamides is 1. The molecule has 0 bridgehead atoms. The van der Waals surface area contributed by atoms with E-state index in [-0.39, 0.29) is 10.6 Å². The summed E-state index contributed by atoms with van der Waals surface area (Å²) in [4.78, 5) is 16.0. The molecule has 0 radical (unpaired) electrons. The lowest BCUT2D eigenvalue weighted by Gasteiger charge is -2.20. The third-order valence-corrected chi connectivity index (χ3v) is 5.98. The predicted octanol–water partition coefficient (Wildman–Crippen LogP) is 1.13. The number of halogens is 1. The first-order valence-corrected chi connectivity index (χ1v) is 9.51. The van der Waals surface area contributed by atoms with Crippen LogP contribution >= 0.6 is 0 Å². The molecule has 1 aliphatic rings. The minimum Gasteiger partial charge on any atom is -0.322 e. The van der Waals surface area contributed by atoms with Crippen molar-refractivity contribution >= 4 is 21.6 Å². The Kier molecular flexibility index (Phi) is 5.30. The zero-order chi connectivity index (χ0) is 18.7. The number of carbonyl (C=O) groups is 1. The van der Waals surface area contributed by atoms with Crippen molar-refractivity contribution in [1.82, 2.24) is 14.6 Å². The highest BCUT2D eigenvalue weighted by Crippen LogP contribution is 2.24. The molecule has 2 aromatic rings. The summed E-state index contributed by atoms with van der Waals surface area (Å²) in [5.41, 5.74) is 1.50. The molecule has 3 rings (SSSR count). The van der Waals surface area contributed by atoms with Crippen molar-refractivity contribution in [2.75, 3.05) is 25.5 Å². The molecule has 0 saturated carbocycles. The van der Waals surface area contributed by atoms with Crippen LogP contribution in [0.2, 0.25) is 0 Å². The van der Waals surface area contributed by atoms with Gasteiger partial charge in [0.2, 0.25) is 15.9 Å². The first-order valence-electron chi connectivity index (χ1n) is 8.07. The van der Waals surface area contributed by atoms with E-state index in [2.05, 4.69) is 15.6 Å². The number of anilines is 1. The van der Waals surface area contributed by atoms with Crippen molar-refractivity contribution in [3.05, 3.63) is 53.6 Å². The molecule has 26 heavy (non-hydrogen) atoms. The Morgan fingerprint density at radius 3 is 2.92 bits per heavy atom. The van der Waals surface area contributed by atoms with Crippen LogP contribution in [-0.4, -0.2) is 43.8 Å². The molecule has 0 spiro atoms. The van der Waals surface area contributed by atoms with Crippen molar-refractivity contribution in [2.24, 2.45) is 0 Å². The molecule has 1 aliphatic heterocycles. The molecule has 138 valence electrons. The van der Waals surface area contributed by atoms with Crippen LogP contribution in [0.3, 0.4) is 0 Å². The van der Waals surface area contributed by atoms with Crippen LogP contribution < -0.4 is 10.6 Å². The third kappa shape index (κ3) is 3.74. The fourth-order valence-electron chi connectivity index (χ4n) is 2.79. The monoisotopic (exact) mass is 378 g/mol. The van der Waals surface area contributed by atoms with Crippen LogP contribution in [0.4, 0.5) is 10.1 Å². The van der Waals surface area contributed by atoms with E-state index in [9.17, 15) is 17.6 Å². The van der Waals surface area contributed by atoms with Gasteiger partial charge in [0.05, 0.1) is 12.2 Å². The standard InChI is InChI=1S/C17H19FN4O3S/c1-22(26(24,25)13-3-2-7-19-10-13)11-16(23)21-15-5-4-12-9-20-8-6-14(12)17(15)18/h2-5,7,10,20H,6,8-9,11H2,1H3,(H,21,23). The lowest BCUT2D eigenvalue weighted by atomic mass is 9.99. The number of benzene rings is 1. The summed E-state index contributed by atoms with van der Waals surface area (Å²) in [5, 5.41) is 5.61. The highest BCUT2D eigenvalue weighted by Gasteiger charge is 2.24. The van der Waals surface area contributed by atoms with E-state index in [1.54, 1.807) is 6.07 Å². The van der Waals surface area contributed by atoms with Gasteiger partial charge in [0, 0.05) is 26.0 Å². The quantitative estimate of drug-likeness (QED) is 0.814. The van der Waals surface area contributed by atoms with E-state index in [4.69, 9.17) is 0 Å². The van der Waals surface area contributed by atoms with Gasteiger partial charge in [-0.15, -0.1) is 0 Å². The maximum absolute atomic E-state index is 14.6. The fraction of sp³-hybridized carbons (Fsp3) is 0.294. The Balaban J connectivity index is 1.71. The van der Waals surface area contributed by atoms with Crippen LogP contribution in [0, 0.1) is 5.82 Å². The van der Waals surface area contributed by atoms with E-state index in [0.717, 1.165) is 9.87 Å². The smallest absolute Gasteiger partial charge is 0.244 e. The molecule has 7 nitrogen and oxygen atoms in total. The van der Waals surface area contributed by atoms with Gasteiger partial charge in [-0.1, -0.05) is 6.07 Å². The summed E-state index contributed by atoms with van der Waals surface area (Å²) in [6.07, 6.45) is 3.21. The van der Waals surface area contributed by atoms with Crippen molar-refractivity contribution in [1.29, 1.82) is 0 Å². The number of carbonyl (C=O) groups excluding carboxylic acids is 1. The summed E-state index contributed by atoms with van der Waals surface area (Å²) >= 11 is 0. The molecular formula is C17H19FN4O3S. The van der Waals surface area contributed by atoms with Crippen LogP contribution in [0.15, 0.2) is 41.6 Å². The average Bonchev–Trinajstić information content (AvgIpc) is 2.65. The summed E-state index contributed by atoms with van der Waals surface area (Å²) in [6.45, 7) is 0.829. The Hall–Kier alpha value is -2.36. The first kappa shape index (κ1) is 18.4. The second-order valence-corrected chi connectivity index (χ2v) is 8.03. The summed E-state index contributed by atoms with van der Waals surface area (Å²) in [5.74, 6) is -1.08. The van der Waals surface area contributed by atoms with Gasteiger partial charge in [-0.05, 0) is 42.3 Å². The van der Waals surface area contributed by atoms with E-state index < -0.39 is 28.3 Å². The average molecular weight is 378 g/mol. The maximum atomic E-state index is 14.6. The number of hydrogen-bond acceptors (Lipinski definition) is 5. The number of hydrogen-bond donors (Lipinski definition) is 2. The minimum atomic E-state index is -3.84. The number of amides is 1. The summed E-state index contributed by atoms with van der Waals surface area (Å²) in [6, 6.07) is 6.15. The second kappa shape index (κ2) is 7.48. The number of likely N-dealkylation sites (N-methyl/N-ethyl adjacent to an activating group) is 1. The van der Waals surface area contributed by atoms with Gasteiger partial charge >= 0.3 is 0 Å². The van der Waals surface area contributed by atoms with Crippen LogP contribution in [0.25, 0.3) is 0 Å². The van der Waals surface area contributed by atoms with E-state index >= 15 is 0 Å². The number of aromatic nitrogens is 1. The molecule has 2 heterocycles. The lowest BCUT2D eigenvalue weighted by molar-refractivity contribution is -0.116. The Bertz CT molecular complexity index is 919. The summed E-state index contributed by atoms with van der Waals surface area (Å²) < 4.78 is 40.3. The van der Waals surface area contributed by atoms with Crippen molar-refractivity contribution in [3.63, 3.8) is 0 Å². The number of fused-ring (bicyclic) bond motifs is 1. The lowest BCUT2D eigenvalue weighted by Crippen LogP contribution is -2.35. The van der Waals surface area contributed by atoms with E-state index in [1.807, 2.05) is 0 Å². The minimum absolute atomic E-state index is 0.0113. The van der Waals surface area contributed by atoms with Crippen molar-refractivity contribution in [3.8, 4) is 0 Å². The van der Waals surface area contributed by atoms with Gasteiger partial charge < -0.3 is 10.6 Å². The van der Waals surface area contributed by atoms with Crippen LogP contribution in [0.5, 0.6) is 0 Å². The van der Waals surface area contributed by atoms with Gasteiger partial charge in [0.15, 0.2) is 0 Å². The number of pyridine rings is 1. The van der Waals surface area contributed by atoms with Crippen molar-refractivity contribution in [2.45, 2.75) is 17.9 Å². The maximum Gasteiger partial charge on any atom is 0.244 e. The highest BCUT2D eigenvalue weighted by atomic mass is 32.2. The largest absolute Gasteiger partial charge is 0.322 e. The first-order chi connectivity index (χ1) is 12.4. The van der Waals surface area contributed by atoms with Crippen molar-refractivity contribution < 1.29 is 17.6 Å². The molecule has 0 unspecified atom stereocenters. The van der Waals surface area contributed by atoms with Crippen LogP contribution in [-0.2, 0) is 27.8 Å². The van der Waals surface area contributed by atoms with Gasteiger partial charge in [-0.3, -0.25) is 9.78 Å². The van der Waals surface area contributed by atoms with Gasteiger partial charge in [-0.25, -0.2) is 12.8 Å². The summed E-state index contributed by atoms with van der Waals surface area (Å²) in [7, 11) is -2.55. The number of nitrogens with zero attached hydrogens (tertiary/aromatic N) is 2. The zero-order valence-electron chi connectivity index (χ0n) is 14.2. The topological polar surface area (TPSA) is 91.4 Å². The SMILES string of the molecule is CN(CC(=O)Nc1ccc2c(c1F)CCNC2)S(=O)(=O)c1cccnc1. The fourth-order valence-corrected chi connectivity index (χ4v) is 3.88. The molecule has 9 heteroatoms. The van der Waals surface area contributed by atoms with Gasteiger partial charge in [0.1, 0.15) is 10.7 Å². The van der Waals surface area contributed by atoms with Gasteiger partial charge in [-0.2, -0.15) is 4.31 Å². The molecule has 0 atom stereocenters. The Morgan fingerprint density at radius 1 is 1.38 bits per heavy atom. The molecule has 1 aromatic carbocycles. The molecule has 2 N–H and O–H groups in total. The van der Waals surface area contributed by atoms with E-state index in [0.29, 0.717) is 25.1 Å². The Morgan fingerprint density at radius 2 is 2.19 bits per heavy atom.